The first-order valence-corrected chi connectivity index (χ1v) is 8.66. The van der Waals surface area contributed by atoms with Crippen LogP contribution >= 0.6 is 0 Å². The topological polar surface area (TPSA) is 64.4 Å². The lowest BCUT2D eigenvalue weighted by Crippen LogP contribution is -2.48. The Labute approximate surface area is 124 Å². The third-order valence-electron chi connectivity index (χ3n) is 3.78. The summed E-state index contributed by atoms with van der Waals surface area (Å²) in [7, 11) is -3.27. The summed E-state index contributed by atoms with van der Waals surface area (Å²) in [6.45, 7) is 3.66. The smallest absolute Gasteiger partial charge is 0.216 e. The quantitative estimate of drug-likeness (QED) is 0.848. The van der Waals surface area contributed by atoms with Crippen LogP contribution in [-0.4, -0.2) is 53.8 Å². The van der Waals surface area contributed by atoms with Gasteiger partial charge in [-0.05, 0) is 19.1 Å². The minimum atomic E-state index is -3.27. The maximum Gasteiger partial charge on any atom is 0.216 e. The zero-order chi connectivity index (χ0) is 14.9. The highest BCUT2D eigenvalue weighted by atomic mass is 32.2. The highest BCUT2D eigenvalue weighted by Crippen LogP contribution is 2.15. The summed E-state index contributed by atoms with van der Waals surface area (Å²) in [6.07, 6.45) is 1.70. The fourth-order valence-corrected chi connectivity index (χ4v) is 4.27. The van der Waals surface area contributed by atoms with Crippen molar-refractivity contribution in [3.8, 4) is 0 Å². The molecule has 0 N–H and O–H groups in total. The first-order valence-electron chi connectivity index (χ1n) is 7.05. The molecular weight excluding hydrogens is 290 g/mol. The molecule has 7 heteroatoms. The molecule has 0 bridgehead atoms. The Kier molecular flexibility index (Phi) is 3.97. The van der Waals surface area contributed by atoms with Gasteiger partial charge in [0.25, 0.3) is 0 Å². The predicted octanol–water partition coefficient (Wildman–Crippen LogP) is 1.09. The number of sulfonamides is 1. The molecule has 0 spiro atoms. The zero-order valence-corrected chi connectivity index (χ0v) is 12.8. The lowest BCUT2D eigenvalue weighted by molar-refractivity contribution is 0.0392. The Hall–Kier alpha value is -1.44. The normalized spacial score (nSPS) is 20.9. The Balaban J connectivity index is 1.74. The van der Waals surface area contributed by atoms with Crippen LogP contribution in [-0.2, 0) is 21.3 Å². The highest BCUT2D eigenvalue weighted by molar-refractivity contribution is 7.89. The summed E-state index contributed by atoms with van der Waals surface area (Å²) in [5.74, 6) is 0.0810. The van der Waals surface area contributed by atoms with Crippen LogP contribution in [0.5, 0.6) is 0 Å². The van der Waals surface area contributed by atoms with Gasteiger partial charge < -0.3 is 9.30 Å². The number of aryl methyl sites for hydroxylation is 1. The van der Waals surface area contributed by atoms with Crippen molar-refractivity contribution in [2.75, 3.05) is 25.5 Å². The van der Waals surface area contributed by atoms with Crippen LogP contribution in [0.1, 0.15) is 6.92 Å². The maximum absolute atomic E-state index is 12.5. The molecule has 1 aromatic heterocycles. The molecule has 1 atom stereocenters. The van der Waals surface area contributed by atoms with E-state index in [1.165, 1.54) is 0 Å². The molecule has 2 aromatic rings. The number of hydrogen-bond donors (Lipinski definition) is 0. The van der Waals surface area contributed by atoms with Gasteiger partial charge in [-0.25, -0.2) is 13.4 Å². The number of aromatic nitrogens is 2. The van der Waals surface area contributed by atoms with E-state index in [-0.39, 0.29) is 11.8 Å². The third kappa shape index (κ3) is 2.95. The maximum atomic E-state index is 12.5. The number of hydrogen-bond acceptors (Lipinski definition) is 4. The van der Waals surface area contributed by atoms with Crippen molar-refractivity contribution < 1.29 is 13.2 Å². The molecule has 1 saturated heterocycles. The Morgan fingerprint density at radius 2 is 2.19 bits per heavy atom. The number of benzene rings is 1. The van der Waals surface area contributed by atoms with E-state index in [0.29, 0.717) is 26.3 Å². The van der Waals surface area contributed by atoms with Gasteiger partial charge in [-0.2, -0.15) is 4.31 Å². The fraction of sp³-hybridized carbons (Fsp3) is 0.500. The molecule has 0 radical (unpaired) electrons. The minimum absolute atomic E-state index is 0.0810. The van der Waals surface area contributed by atoms with Crippen molar-refractivity contribution in [3.63, 3.8) is 0 Å². The number of rotatable bonds is 4. The minimum Gasteiger partial charge on any atom is -0.378 e. The molecule has 1 aromatic carbocycles. The van der Waals surface area contributed by atoms with Gasteiger partial charge >= 0.3 is 0 Å². The van der Waals surface area contributed by atoms with Crippen LogP contribution in [0.4, 0.5) is 0 Å². The van der Waals surface area contributed by atoms with Crippen molar-refractivity contribution in [1.29, 1.82) is 0 Å². The van der Waals surface area contributed by atoms with E-state index in [2.05, 4.69) is 4.98 Å². The van der Waals surface area contributed by atoms with E-state index in [1.807, 2.05) is 35.8 Å². The highest BCUT2D eigenvalue weighted by Gasteiger charge is 2.29. The van der Waals surface area contributed by atoms with Gasteiger partial charge in [-0.3, -0.25) is 0 Å². The van der Waals surface area contributed by atoms with Crippen LogP contribution in [0.25, 0.3) is 11.0 Å². The molecule has 1 fully saturated rings. The SMILES string of the molecule is CC1COCCN1S(=O)(=O)CCn1cnc2ccccc21. The van der Waals surface area contributed by atoms with E-state index in [1.54, 1.807) is 10.6 Å². The number of ether oxygens (including phenoxy) is 1. The van der Waals surface area contributed by atoms with Crippen LogP contribution in [0.15, 0.2) is 30.6 Å². The molecule has 21 heavy (non-hydrogen) atoms. The average molecular weight is 309 g/mol. The fourth-order valence-electron chi connectivity index (χ4n) is 2.64. The summed E-state index contributed by atoms with van der Waals surface area (Å²) in [6, 6.07) is 7.63. The second-order valence-electron chi connectivity index (χ2n) is 5.28. The molecule has 0 aliphatic carbocycles. The Morgan fingerprint density at radius 3 is 3.00 bits per heavy atom. The van der Waals surface area contributed by atoms with Crippen LogP contribution in [0.2, 0.25) is 0 Å². The summed E-state index contributed by atoms with van der Waals surface area (Å²) in [4.78, 5) is 4.28. The molecule has 0 amide bonds. The van der Waals surface area contributed by atoms with Crippen LogP contribution in [0.3, 0.4) is 0 Å². The molecule has 1 aliphatic rings. The van der Waals surface area contributed by atoms with Crippen LogP contribution < -0.4 is 0 Å². The number of imidazole rings is 1. The molecule has 3 rings (SSSR count). The molecule has 1 aliphatic heterocycles. The van der Waals surface area contributed by atoms with Crippen molar-refractivity contribution in [2.45, 2.75) is 19.5 Å². The van der Waals surface area contributed by atoms with E-state index < -0.39 is 10.0 Å². The van der Waals surface area contributed by atoms with Gasteiger partial charge in [0.1, 0.15) is 0 Å². The second-order valence-corrected chi connectivity index (χ2v) is 7.32. The third-order valence-corrected chi connectivity index (χ3v) is 5.74. The standard InChI is InChI=1S/C14H19N3O3S/c1-12-10-20-8-6-17(12)21(18,19)9-7-16-11-15-13-4-2-3-5-14(13)16/h2-5,11-12H,6-10H2,1H3. The first-order chi connectivity index (χ1) is 10.1. The van der Waals surface area contributed by atoms with E-state index in [0.717, 1.165) is 11.0 Å². The molecular formula is C14H19N3O3S. The van der Waals surface area contributed by atoms with Gasteiger partial charge in [0.2, 0.25) is 10.0 Å². The first kappa shape index (κ1) is 14.5. The molecule has 2 heterocycles. The van der Waals surface area contributed by atoms with E-state index in [9.17, 15) is 8.42 Å². The largest absolute Gasteiger partial charge is 0.378 e. The summed E-state index contributed by atoms with van der Waals surface area (Å²) >= 11 is 0. The monoisotopic (exact) mass is 309 g/mol. The molecule has 1 unspecified atom stereocenters. The van der Waals surface area contributed by atoms with Gasteiger partial charge in [0, 0.05) is 19.1 Å². The second kappa shape index (κ2) is 5.75. The molecule has 114 valence electrons. The molecule has 6 nitrogen and oxygen atoms in total. The van der Waals surface area contributed by atoms with Crippen molar-refractivity contribution in [3.05, 3.63) is 30.6 Å². The van der Waals surface area contributed by atoms with Gasteiger partial charge in [0.05, 0.1) is 36.3 Å². The number of morpholine rings is 1. The van der Waals surface area contributed by atoms with Crippen LogP contribution in [0, 0.1) is 0 Å². The molecule has 0 saturated carbocycles. The van der Waals surface area contributed by atoms with Gasteiger partial charge in [-0.1, -0.05) is 12.1 Å². The van der Waals surface area contributed by atoms with Crippen molar-refractivity contribution >= 4 is 21.1 Å². The summed E-state index contributed by atoms with van der Waals surface area (Å²) in [5, 5.41) is 0. The van der Waals surface area contributed by atoms with Crippen molar-refractivity contribution in [1.82, 2.24) is 13.9 Å². The van der Waals surface area contributed by atoms with E-state index >= 15 is 0 Å². The van der Waals surface area contributed by atoms with Gasteiger partial charge in [0.15, 0.2) is 0 Å². The summed E-state index contributed by atoms with van der Waals surface area (Å²) in [5.41, 5.74) is 1.84. The Bertz CT molecular complexity index is 726. The zero-order valence-electron chi connectivity index (χ0n) is 12.0. The van der Waals surface area contributed by atoms with Gasteiger partial charge in [-0.15, -0.1) is 0 Å². The van der Waals surface area contributed by atoms with E-state index in [4.69, 9.17) is 4.74 Å². The lowest BCUT2D eigenvalue weighted by atomic mass is 10.3. The summed E-state index contributed by atoms with van der Waals surface area (Å²) < 4.78 is 33.7. The van der Waals surface area contributed by atoms with Crippen molar-refractivity contribution in [2.24, 2.45) is 0 Å². The number of para-hydroxylation sites is 2. The number of fused-ring (bicyclic) bond motifs is 1. The Morgan fingerprint density at radius 1 is 1.38 bits per heavy atom. The number of nitrogens with zero attached hydrogens (tertiary/aromatic N) is 3. The predicted molar refractivity (Wildman–Crippen MR) is 80.5 cm³/mol. The average Bonchev–Trinajstić information content (AvgIpc) is 2.89. The lowest BCUT2D eigenvalue weighted by Gasteiger charge is -2.32.